The average molecular weight is 731 g/mol. The molecule has 0 spiro atoms. The molecule has 0 saturated heterocycles. The van der Waals surface area contributed by atoms with Gasteiger partial charge in [-0.15, -0.1) is 46.2 Å². The molecule has 4 aromatic rings. The molecule has 2 aliphatic rings. The smallest absolute Gasteiger partial charge is 0.180 e. The zero-order valence-corrected chi connectivity index (χ0v) is 29.3. The van der Waals surface area contributed by atoms with Crippen molar-refractivity contribution in [2.75, 3.05) is 51.0 Å². The van der Waals surface area contributed by atoms with Gasteiger partial charge in [-0.1, -0.05) is 11.8 Å². The highest BCUT2D eigenvalue weighted by atomic mass is 32.2. The number of hydrogen-bond acceptors (Lipinski definition) is 15. The second kappa shape index (κ2) is 17.4. The van der Waals surface area contributed by atoms with Gasteiger partial charge in [-0.25, -0.2) is 0 Å². The molecule has 47 heavy (non-hydrogen) atoms. The number of thioether (sulfide) groups is 2. The summed E-state index contributed by atoms with van der Waals surface area (Å²) in [5.74, 6) is 4.10. The molecule has 2 aliphatic heterocycles. The van der Waals surface area contributed by atoms with Gasteiger partial charge in [-0.3, -0.25) is 0 Å². The topological polar surface area (TPSA) is 126 Å². The Morgan fingerprint density at radius 1 is 0.638 bits per heavy atom. The van der Waals surface area contributed by atoms with E-state index in [0.29, 0.717) is 51.0 Å². The van der Waals surface area contributed by atoms with Gasteiger partial charge < -0.3 is 40.0 Å². The molecule has 15 heteroatoms. The SMILES string of the molecule is OC(CN/N=C/c1scc2c1OCCO2)CSc1ccc(Sc2ccc(SCC(O)CN/N=C/c3scc4c3OCCO4)cc2)cc1. The number of benzene rings is 2. The summed E-state index contributed by atoms with van der Waals surface area (Å²) in [6.45, 7) is 2.91. The predicted molar refractivity (Wildman–Crippen MR) is 192 cm³/mol. The molecular weight excluding hydrogens is 697 g/mol. The molecule has 6 rings (SSSR count). The third-order valence-corrected chi connectivity index (χ3v) is 11.7. The first kappa shape index (κ1) is 33.8. The van der Waals surface area contributed by atoms with Crippen LogP contribution in [0.25, 0.3) is 0 Å². The first-order valence-electron chi connectivity index (χ1n) is 14.9. The molecule has 0 radical (unpaired) electrons. The fourth-order valence-electron chi connectivity index (χ4n) is 4.31. The van der Waals surface area contributed by atoms with Crippen LogP contribution in [0.2, 0.25) is 0 Å². The average Bonchev–Trinajstić information content (AvgIpc) is 3.72. The van der Waals surface area contributed by atoms with Gasteiger partial charge in [0.05, 0.1) is 47.5 Å². The van der Waals surface area contributed by atoms with E-state index in [4.69, 9.17) is 18.9 Å². The molecule has 0 fully saturated rings. The summed E-state index contributed by atoms with van der Waals surface area (Å²) < 4.78 is 22.4. The molecule has 2 unspecified atom stereocenters. The number of rotatable bonds is 16. The third kappa shape index (κ3) is 9.98. The van der Waals surface area contributed by atoms with Crippen molar-refractivity contribution in [2.45, 2.75) is 31.8 Å². The van der Waals surface area contributed by atoms with E-state index in [1.165, 1.54) is 22.7 Å². The van der Waals surface area contributed by atoms with E-state index < -0.39 is 12.2 Å². The maximum atomic E-state index is 10.4. The van der Waals surface area contributed by atoms with Crippen LogP contribution in [0.4, 0.5) is 0 Å². The Morgan fingerprint density at radius 3 is 1.49 bits per heavy atom. The first-order chi connectivity index (χ1) is 23.1. The van der Waals surface area contributed by atoms with Crippen molar-refractivity contribution in [3.05, 3.63) is 69.0 Å². The van der Waals surface area contributed by atoms with Crippen molar-refractivity contribution in [3.8, 4) is 23.0 Å². The zero-order valence-electron chi connectivity index (χ0n) is 25.2. The lowest BCUT2D eigenvalue weighted by Gasteiger charge is -2.15. The minimum atomic E-state index is -0.543. The van der Waals surface area contributed by atoms with Crippen LogP contribution in [0.3, 0.4) is 0 Å². The van der Waals surface area contributed by atoms with Gasteiger partial charge in [0.1, 0.15) is 26.4 Å². The molecule has 4 heterocycles. The highest BCUT2D eigenvalue weighted by Gasteiger charge is 2.18. The van der Waals surface area contributed by atoms with Crippen LogP contribution in [0, 0.1) is 0 Å². The van der Waals surface area contributed by atoms with E-state index in [-0.39, 0.29) is 0 Å². The molecule has 0 bridgehead atoms. The van der Waals surface area contributed by atoms with Gasteiger partial charge in [0.2, 0.25) is 0 Å². The Labute approximate surface area is 293 Å². The molecule has 10 nitrogen and oxygen atoms in total. The quantitative estimate of drug-likeness (QED) is 0.0649. The van der Waals surface area contributed by atoms with E-state index >= 15 is 0 Å². The molecule has 248 valence electrons. The fraction of sp³-hybridized carbons (Fsp3) is 0.312. The number of aliphatic hydroxyl groups excluding tert-OH is 2. The second-order valence-electron chi connectivity index (χ2n) is 10.2. The van der Waals surface area contributed by atoms with Crippen LogP contribution in [0.5, 0.6) is 23.0 Å². The number of ether oxygens (including phenoxy) is 4. The first-order valence-corrected chi connectivity index (χ1v) is 19.4. The van der Waals surface area contributed by atoms with Crippen molar-refractivity contribution >= 4 is 70.4 Å². The Morgan fingerprint density at radius 2 is 1.04 bits per heavy atom. The largest absolute Gasteiger partial charge is 0.485 e. The van der Waals surface area contributed by atoms with E-state index in [1.807, 2.05) is 10.8 Å². The summed E-state index contributed by atoms with van der Waals surface area (Å²) in [4.78, 5) is 6.26. The van der Waals surface area contributed by atoms with E-state index in [1.54, 1.807) is 47.7 Å². The molecule has 2 aromatic carbocycles. The minimum Gasteiger partial charge on any atom is -0.485 e. The van der Waals surface area contributed by atoms with Crippen molar-refractivity contribution < 1.29 is 29.2 Å². The van der Waals surface area contributed by atoms with Crippen molar-refractivity contribution in [2.24, 2.45) is 10.2 Å². The van der Waals surface area contributed by atoms with Crippen LogP contribution in [-0.2, 0) is 0 Å². The van der Waals surface area contributed by atoms with Gasteiger partial charge in [0.25, 0.3) is 0 Å². The second-order valence-corrected chi connectivity index (χ2v) is 15.4. The molecule has 4 N–H and O–H groups in total. The van der Waals surface area contributed by atoms with Crippen molar-refractivity contribution in [1.29, 1.82) is 0 Å². The summed E-state index contributed by atoms with van der Waals surface area (Å²) in [6.07, 6.45) is 2.32. The Bertz CT molecular complexity index is 1510. The zero-order chi connectivity index (χ0) is 32.3. The maximum absolute atomic E-state index is 10.4. The summed E-state index contributed by atoms with van der Waals surface area (Å²) in [6, 6.07) is 16.7. The summed E-state index contributed by atoms with van der Waals surface area (Å²) in [5, 5.41) is 33.0. The molecule has 0 amide bonds. The number of thiophene rings is 2. The molecule has 0 saturated carbocycles. The number of nitrogens with zero attached hydrogens (tertiary/aromatic N) is 2. The third-order valence-electron chi connectivity index (χ3n) is 6.62. The maximum Gasteiger partial charge on any atom is 0.180 e. The van der Waals surface area contributed by atoms with Gasteiger partial charge >= 0.3 is 0 Å². The lowest BCUT2D eigenvalue weighted by molar-refractivity contribution is 0.173. The lowest BCUT2D eigenvalue weighted by Crippen LogP contribution is -2.25. The molecular formula is C32H34N4O6S5. The standard InChI is InChI=1S/C32H34N4O6S5/c37-21(13-33-35-15-29-31-27(19-45-29)39-9-11-41-31)17-43-23-1-5-25(6-2-23)47-26-7-3-24(4-8-26)44-18-22(38)14-34-36-16-30-32-28(20-46-30)40-10-12-42-32/h1-8,15-16,19-22,33-34,37-38H,9-14,17-18H2/b35-15+,36-16+. The normalized spacial score (nSPS) is 15.2. The van der Waals surface area contributed by atoms with Gasteiger partial charge in [0, 0.05) is 41.8 Å². The number of fused-ring (bicyclic) bond motifs is 2. The number of hydrazone groups is 2. The van der Waals surface area contributed by atoms with E-state index in [9.17, 15) is 10.2 Å². The molecule has 2 atom stereocenters. The highest BCUT2D eigenvalue weighted by Crippen LogP contribution is 2.39. The van der Waals surface area contributed by atoms with Crippen LogP contribution >= 0.6 is 58.0 Å². The Kier molecular flexibility index (Phi) is 12.5. The van der Waals surface area contributed by atoms with Gasteiger partial charge in [-0.2, -0.15) is 10.2 Å². The summed E-state index contributed by atoms with van der Waals surface area (Å²) >= 11 is 7.94. The lowest BCUT2D eigenvalue weighted by atomic mass is 10.4. The van der Waals surface area contributed by atoms with Crippen LogP contribution in [-0.4, -0.2) is 85.9 Å². The van der Waals surface area contributed by atoms with Gasteiger partial charge in [-0.05, 0) is 48.5 Å². The molecule has 0 aliphatic carbocycles. The Balaban J connectivity index is 0.856. The highest BCUT2D eigenvalue weighted by molar-refractivity contribution is 8.00. The van der Waals surface area contributed by atoms with Gasteiger partial charge in [0.15, 0.2) is 23.0 Å². The van der Waals surface area contributed by atoms with Crippen LogP contribution in [0.15, 0.2) is 89.1 Å². The van der Waals surface area contributed by atoms with Crippen LogP contribution < -0.4 is 29.8 Å². The summed E-state index contributed by atoms with van der Waals surface area (Å²) in [7, 11) is 0. The van der Waals surface area contributed by atoms with E-state index in [2.05, 4.69) is 69.6 Å². The fourth-order valence-corrected chi connectivity index (χ4v) is 8.37. The number of nitrogens with one attached hydrogen (secondary N) is 2. The van der Waals surface area contributed by atoms with Crippen molar-refractivity contribution in [1.82, 2.24) is 10.9 Å². The Hall–Kier alpha value is -3.05. The monoisotopic (exact) mass is 730 g/mol. The van der Waals surface area contributed by atoms with E-state index in [0.717, 1.165) is 52.3 Å². The van der Waals surface area contributed by atoms with Crippen molar-refractivity contribution in [3.63, 3.8) is 0 Å². The van der Waals surface area contributed by atoms with Crippen LogP contribution in [0.1, 0.15) is 9.75 Å². The minimum absolute atomic E-state index is 0.352. The number of aliphatic hydroxyl groups is 2. The predicted octanol–water partition coefficient (Wildman–Crippen LogP) is 5.66. The number of hydrogen-bond donors (Lipinski definition) is 4. The molecule has 2 aromatic heterocycles. The summed E-state index contributed by atoms with van der Waals surface area (Å²) in [5.41, 5.74) is 5.85.